The first-order chi connectivity index (χ1) is 7.91. The number of alkyl halides is 3. The summed E-state index contributed by atoms with van der Waals surface area (Å²) < 4.78 is 38.5. The van der Waals surface area contributed by atoms with Crippen LogP contribution in [0.5, 0.6) is 0 Å². The summed E-state index contributed by atoms with van der Waals surface area (Å²) in [7, 11) is 3.63. The van der Waals surface area contributed by atoms with Crippen molar-refractivity contribution in [1.82, 2.24) is 0 Å². The van der Waals surface area contributed by atoms with E-state index in [9.17, 15) is 13.2 Å². The quantitative estimate of drug-likeness (QED) is 0.729. The van der Waals surface area contributed by atoms with Gasteiger partial charge in [-0.2, -0.15) is 13.2 Å². The van der Waals surface area contributed by atoms with Crippen molar-refractivity contribution in [2.45, 2.75) is 6.18 Å². The van der Waals surface area contributed by atoms with Crippen molar-refractivity contribution in [1.29, 1.82) is 0 Å². The highest BCUT2D eigenvalue weighted by Crippen LogP contribution is 2.37. The summed E-state index contributed by atoms with van der Waals surface area (Å²) in [6.07, 6.45) is -4.32. The van der Waals surface area contributed by atoms with E-state index in [0.29, 0.717) is 5.39 Å². The van der Waals surface area contributed by atoms with E-state index in [1.54, 1.807) is 18.2 Å². The zero-order valence-electron chi connectivity index (χ0n) is 9.55. The van der Waals surface area contributed by atoms with Crippen LogP contribution in [0.25, 0.3) is 10.8 Å². The highest BCUT2D eigenvalue weighted by molar-refractivity contribution is 5.96. The van der Waals surface area contributed by atoms with Gasteiger partial charge in [0.25, 0.3) is 0 Å². The first kappa shape index (κ1) is 11.8. The van der Waals surface area contributed by atoms with Crippen LogP contribution in [0.3, 0.4) is 0 Å². The number of fused-ring (bicyclic) bond motifs is 1. The summed E-state index contributed by atoms with van der Waals surface area (Å²) in [6.45, 7) is 0. The zero-order chi connectivity index (χ0) is 12.6. The molecule has 0 bridgehead atoms. The second-order valence-electron chi connectivity index (χ2n) is 4.07. The maximum absolute atomic E-state index is 12.8. The number of benzene rings is 2. The Balaban J connectivity index is 2.80. The molecule has 0 aliphatic rings. The van der Waals surface area contributed by atoms with Crippen LogP contribution in [0, 0.1) is 0 Å². The van der Waals surface area contributed by atoms with Gasteiger partial charge < -0.3 is 4.90 Å². The zero-order valence-corrected chi connectivity index (χ0v) is 9.55. The third-order valence-corrected chi connectivity index (χ3v) is 2.69. The first-order valence-electron chi connectivity index (χ1n) is 5.17. The van der Waals surface area contributed by atoms with Crippen molar-refractivity contribution in [3.05, 3.63) is 42.0 Å². The summed E-state index contributed by atoms with van der Waals surface area (Å²) in [4.78, 5) is 1.81. The molecule has 0 saturated carbocycles. The molecule has 0 amide bonds. The van der Waals surface area contributed by atoms with E-state index < -0.39 is 11.7 Å². The normalized spacial score (nSPS) is 11.8. The van der Waals surface area contributed by atoms with Crippen molar-refractivity contribution in [2.24, 2.45) is 0 Å². The Bertz CT molecular complexity index is 544. The highest BCUT2D eigenvalue weighted by Gasteiger charge is 2.32. The van der Waals surface area contributed by atoms with E-state index >= 15 is 0 Å². The number of nitrogens with zero attached hydrogens (tertiary/aromatic N) is 1. The molecule has 0 N–H and O–H groups in total. The lowest BCUT2D eigenvalue weighted by Gasteiger charge is -2.18. The van der Waals surface area contributed by atoms with Gasteiger partial charge in [0.05, 0.1) is 5.56 Å². The fraction of sp³-hybridized carbons (Fsp3) is 0.231. The third-order valence-electron chi connectivity index (χ3n) is 2.69. The van der Waals surface area contributed by atoms with E-state index in [2.05, 4.69) is 0 Å². The molecule has 2 aromatic carbocycles. The summed E-state index contributed by atoms with van der Waals surface area (Å²) in [5, 5.41) is 0.860. The Kier molecular flexibility index (Phi) is 2.73. The summed E-state index contributed by atoms with van der Waals surface area (Å²) in [6, 6.07) is 9.22. The molecule has 2 aromatic rings. The lowest BCUT2D eigenvalue weighted by molar-refractivity contribution is -0.136. The second-order valence-corrected chi connectivity index (χ2v) is 4.07. The number of rotatable bonds is 1. The van der Waals surface area contributed by atoms with Crippen LogP contribution < -0.4 is 4.90 Å². The minimum absolute atomic E-state index is 0.242. The fourth-order valence-corrected chi connectivity index (χ4v) is 1.92. The van der Waals surface area contributed by atoms with Crippen LogP contribution in [0.15, 0.2) is 36.4 Å². The van der Waals surface area contributed by atoms with E-state index in [0.717, 1.165) is 11.8 Å². The monoisotopic (exact) mass is 239 g/mol. The predicted molar refractivity (Wildman–Crippen MR) is 63.3 cm³/mol. The van der Waals surface area contributed by atoms with Gasteiger partial charge in [0.2, 0.25) is 0 Å². The molecule has 0 unspecified atom stereocenters. The second kappa shape index (κ2) is 3.95. The van der Waals surface area contributed by atoms with Crippen molar-refractivity contribution in [3.8, 4) is 0 Å². The van der Waals surface area contributed by atoms with Gasteiger partial charge >= 0.3 is 6.18 Å². The van der Waals surface area contributed by atoms with Crippen LogP contribution >= 0.6 is 0 Å². The smallest absolute Gasteiger partial charge is 0.377 e. The molecule has 0 spiro atoms. The molecule has 2 rings (SSSR count). The Hall–Kier alpha value is -1.71. The van der Waals surface area contributed by atoms with Crippen LogP contribution in [0.4, 0.5) is 18.9 Å². The lowest BCUT2D eigenvalue weighted by atomic mass is 10.0. The topological polar surface area (TPSA) is 3.24 Å². The minimum atomic E-state index is -4.32. The molecule has 1 nitrogen and oxygen atoms in total. The van der Waals surface area contributed by atoms with Gasteiger partial charge in [0.15, 0.2) is 0 Å². The van der Waals surface area contributed by atoms with Crippen molar-refractivity contribution in [3.63, 3.8) is 0 Å². The number of hydrogen-bond donors (Lipinski definition) is 0. The molecule has 0 saturated heterocycles. The molecule has 4 heteroatoms. The highest BCUT2D eigenvalue weighted by atomic mass is 19.4. The van der Waals surface area contributed by atoms with E-state index in [4.69, 9.17) is 0 Å². The summed E-state index contributed by atoms with van der Waals surface area (Å²) in [5.74, 6) is 0. The first-order valence-corrected chi connectivity index (χ1v) is 5.17. The summed E-state index contributed by atoms with van der Waals surface area (Å²) in [5.41, 5.74) is 0.201. The van der Waals surface area contributed by atoms with Gasteiger partial charge in [-0.05, 0) is 17.5 Å². The van der Waals surface area contributed by atoms with Crippen LogP contribution in [-0.2, 0) is 6.18 Å². The van der Waals surface area contributed by atoms with Gasteiger partial charge in [-0.3, -0.25) is 0 Å². The van der Waals surface area contributed by atoms with Crippen LogP contribution in [-0.4, -0.2) is 14.1 Å². The van der Waals surface area contributed by atoms with Gasteiger partial charge in [-0.1, -0.05) is 24.3 Å². The average Bonchev–Trinajstić information content (AvgIpc) is 2.26. The Morgan fingerprint density at radius 2 is 1.47 bits per heavy atom. The van der Waals surface area contributed by atoms with E-state index in [-0.39, 0.29) is 5.39 Å². The Labute approximate surface area is 97.5 Å². The molecule has 90 valence electrons. The lowest BCUT2D eigenvalue weighted by Crippen LogP contribution is -2.11. The molecule has 0 aliphatic heterocycles. The largest absolute Gasteiger partial charge is 0.417 e. The van der Waals surface area contributed by atoms with E-state index in [1.807, 2.05) is 19.0 Å². The number of anilines is 1. The minimum Gasteiger partial charge on any atom is -0.377 e. The van der Waals surface area contributed by atoms with Gasteiger partial charge in [-0.15, -0.1) is 0 Å². The standard InChI is InChI=1S/C13H12F3N/c1-17(2)12-8-7-11(13(14,15)16)9-5-3-4-6-10(9)12/h3-8H,1-2H3. The van der Waals surface area contributed by atoms with Crippen LogP contribution in [0.1, 0.15) is 5.56 Å². The van der Waals surface area contributed by atoms with Gasteiger partial charge in [0, 0.05) is 25.2 Å². The molecule has 0 heterocycles. The molecule has 0 aromatic heterocycles. The maximum Gasteiger partial charge on any atom is 0.417 e. The van der Waals surface area contributed by atoms with Crippen LogP contribution in [0.2, 0.25) is 0 Å². The predicted octanol–water partition coefficient (Wildman–Crippen LogP) is 3.92. The molecular formula is C13H12F3N. The number of halogens is 3. The SMILES string of the molecule is CN(C)c1ccc(C(F)(F)F)c2ccccc12. The Morgan fingerprint density at radius 3 is 2.00 bits per heavy atom. The number of hydrogen-bond acceptors (Lipinski definition) is 1. The molecular weight excluding hydrogens is 227 g/mol. The van der Waals surface area contributed by atoms with E-state index in [1.165, 1.54) is 12.1 Å². The molecule has 0 atom stereocenters. The van der Waals surface area contributed by atoms with Crippen molar-refractivity contribution in [2.75, 3.05) is 19.0 Å². The van der Waals surface area contributed by atoms with Crippen molar-refractivity contribution < 1.29 is 13.2 Å². The maximum atomic E-state index is 12.8. The molecule has 0 fully saturated rings. The third kappa shape index (κ3) is 2.07. The van der Waals surface area contributed by atoms with Crippen molar-refractivity contribution >= 4 is 16.5 Å². The van der Waals surface area contributed by atoms with Gasteiger partial charge in [-0.25, -0.2) is 0 Å². The average molecular weight is 239 g/mol. The molecule has 17 heavy (non-hydrogen) atoms. The molecule has 0 aliphatic carbocycles. The fourth-order valence-electron chi connectivity index (χ4n) is 1.92. The summed E-state index contributed by atoms with van der Waals surface area (Å²) >= 11 is 0. The van der Waals surface area contributed by atoms with Gasteiger partial charge in [0.1, 0.15) is 0 Å². The Morgan fingerprint density at radius 1 is 0.882 bits per heavy atom. The molecule has 0 radical (unpaired) electrons.